The van der Waals surface area contributed by atoms with Crippen molar-refractivity contribution in [2.24, 2.45) is 0 Å². The quantitative estimate of drug-likeness (QED) is 0.762. The molecule has 4 nitrogen and oxygen atoms in total. The van der Waals surface area contributed by atoms with Gasteiger partial charge in [-0.05, 0) is 12.1 Å². The fourth-order valence-electron chi connectivity index (χ4n) is 2.06. The summed E-state index contributed by atoms with van der Waals surface area (Å²) in [6.07, 6.45) is 0. The predicted octanol–water partition coefficient (Wildman–Crippen LogP) is 2.60. The SMILES string of the molecule is COc1cccc2nc(-c3ccccc3)[nH]c(=O)c12. The van der Waals surface area contributed by atoms with E-state index in [4.69, 9.17) is 4.74 Å². The zero-order valence-corrected chi connectivity index (χ0v) is 10.4. The highest BCUT2D eigenvalue weighted by Gasteiger charge is 2.09. The molecular weight excluding hydrogens is 240 g/mol. The number of aromatic nitrogens is 2. The normalized spacial score (nSPS) is 10.6. The average molecular weight is 252 g/mol. The topological polar surface area (TPSA) is 55.0 Å². The summed E-state index contributed by atoms with van der Waals surface area (Å²) in [6.45, 7) is 0. The van der Waals surface area contributed by atoms with Gasteiger partial charge in [0.2, 0.25) is 0 Å². The first-order valence-electron chi connectivity index (χ1n) is 5.92. The molecule has 94 valence electrons. The van der Waals surface area contributed by atoms with Crippen molar-refractivity contribution in [1.82, 2.24) is 9.97 Å². The first-order valence-corrected chi connectivity index (χ1v) is 5.92. The van der Waals surface area contributed by atoms with E-state index in [9.17, 15) is 4.79 Å². The number of fused-ring (bicyclic) bond motifs is 1. The Bertz CT molecular complexity index is 779. The van der Waals surface area contributed by atoms with Gasteiger partial charge in [0.15, 0.2) is 0 Å². The van der Waals surface area contributed by atoms with Crippen molar-refractivity contribution in [3.8, 4) is 17.1 Å². The van der Waals surface area contributed by atoms with Crippen molar-refractivity contribution < 1.29 is 4.74 Å². The highest BCUT2D eigenvalue weighted by Crippen LogP contribution is 2.22. The van der Waals surface area contributed by atoms with E-state index in [-0.39, 0.29) is 5.56 Å². The molecule has 0 amide bonds. The Balaban J connectivity index is 2.30. The Labute approximate surface area is 109 Å². The lowest BCUT2D eigenvalue weighted by atomic mass is 10.2. The lowest BCUT2D eigenvalue weighted by Crippen LogP contribution is -2.10. The lowest BCUT2D eigenvalue weighted by molar-refractivity contribution is 0.419. The second-order valence-electron chi connectivity index (χ2n) is 4.13. The molecule has 1 heterocycles. The van der Waals surface area contributed by atoms with Crippen molar-refractivity contribution in [2.75, 3.05) is 7.11 Å². The van der Waals surface area contributed by atoms with Crippen LogP contribution in [0.25, 0.3) is 22.3 Å². The molecule has 0 bridgehead atoms. The summed E-state index contributed by atoms with van der Waals surface area (Å²) < 4.78 is 5.19. The number of hydrogen-bond acceptors (Lipinski definition) is 3. The van der Waals surface area contributed by atoms with Gasteiger partial charge in [-0.1, -0.05) is 36.4 Å². The van der Waals surface area contributed by atoms with Gasteiger partial charge in [-0.15, -0.1) is 0 Å². The predicted molar refractivity (Wildman–Crippen MR) is 74.4 cm³/mol. The molecule has 0 saturated heterocycles. The van der Waals surface area contributed by atoms with Gasteiger partial charge in [-0.2, -0.15) is 0 Å². The Hall–Kier alpha value is -2.62. The van der Waals surface area contributed by atoms with Crippen LogP contribution < -0.4 is 10.3 Å². The zero-order valence-electron chi connectivity index (χ0n) is 10.4. The molecule has 1 N–H and O–H groups in total. The molecule has 0 aliphatic carbocycles. The van der Waals surface area contributed by atoms with E-state index in [1.807, 2.05) is 36.4 Å². The van der Waals surface area contributed by atoms with Gasteiger partial charge in [0.1, 0.15) is 17.0 Å². The molecular formula is C15H12N2O2. The Morgan fingerprint density at radius 3 is 2.58 bits per heavy atom. The lowest BCUT2D eigenvalue weighted by Gasteiger charge is -2.06. The minimum absolute atomic E-state index is 0.193. The van der Waals surface area contributed by atoms with Crippen LogP contribution in [0.3, 0.4) is 0 Å². The highest BCUT2D eigenvalue weighted by atomic mass is 16.5. The summed E-state index contributed by atoms with van der Waals surface area (Å²) in [5.74, 6) is 1.09. The molecule has 0 atom stereocenters. The van der Waals surface area contributed by atoms with Gasteiger partial charge in [-0.25, -0.2) is 4.98 Å². The van der Waals surface area contributed by atoms with Crippen molar-refractivity contribution in [3.05, 3.63) is 58.9 Å². The largest absolute Gasteiger partial charge is 0.496 e. The van der Waals surface area contributed by atoms with Crippen LogP contribution in [0.4, 0.5) is 0 Å². The summed E-state index contributed by atoms with van der Waals surface area (Å²) >= 11 is 0. The molecule has 0 radical (unpaired) electrons. The van der Waals surface area contributed by atoms with Gasteiger partial charge in [0, 0.05) is 5.56 Å². The van der Waals surface area contributed by atoms with E-state index in [0.717, 1.165) is 5.56 Å². The van der Waals surface area contributed by atoms with Crippen LogP contribution in [-0.4, -0.2) is 17.1 Å². The van der Waals surface area contributed by atoms with Gasteiger partial charge >= 0.3 is 0 Å². The zero-order chi connectivity index (χ0) is 13.2. The van der Waals surface area contributed by atoms with Crippen LogP contribution in [0.5, 0.6) is 5.75 Å². The fraction of sp³-hybridized carbons (Fsp3) is 0.0667. The van der Waals surface area contributed by atoms with Crippen LogP contribution >= 0.6 is 0 Å². The van der Waals surface area contributed by atoms with Gasteiger partial charge in [0.05, 0.1) is 12.6 Å². The molecule has 0 aliphatic rings. The molecule has 4 heteroatoms. The number of nitrogens with one attached hydrogen (secondary N) is 1. The molecule has 2 aromatic carbocycles. The van der Waals surface area contributed by atoms with E-state index >= 15 is 0 Å². The third-order valence-corrected chi connectivity index (χ3v) is 2.96. The molecule has 0 aliphatic heterocycles. The number of hydrogen-bond donors (Lipinski definition) is 1. The summed E-state index contributed by atoms with van der Waals surface area (Å²) in [4.78, 5) is 19.5. The number of rotatable bonds is 2. The summed E-state index contributed by atoms with van der Waals surface area (Å²) in [7, 11) is 1.54. The van der Waals surface area contributed by atoms with Gasteiger partial charge < -0.3 is 9.72 Å². The molecule has 1 aromatic heterocycles. The molecule has 19 heavy (non-hydrogen) atoms. The first-order chi connectivity index (χ1) is 9.29. The second-order valence-corrected chi connectivity index (χ2v) is 4.13. The summed E-state index contributed by atoms with van der Waals surface area (Å²) in [6, 6.07) is 14.9. The Morgan fingerprint density at radius 2 is 1.84 bits per heavy atom. The van der Waals surface area contributed by atoms with Crippen LogP contribution in [0, 0.1) is 0 Å². The average Bonchev–Trinajstić information content (AvgIpc) is 2.47. The van der Waals surface area contributed by atoms with E-state index in [1.165, 1.54) is 0 Å². The highest BCUT2D eigenvalue weighted by molar-refractivity contribution is 5.85. The monoisotopic (exact) mass is 252 g/mol. The van der Waals surface area contributed by atoms with Gasteiger partial charge in [0.25, 0.3) is 5.56 Å². The second kappa shape index (κ2) is 4.57. The standard InChI is InChI=1S/C15H12N2O2/c1-19-12-9-5-8-11-13(12)15(18)17-14(16-11)10-6-3-2-4-7-10/h2-9H,1H3,(H,16,17,18). The molecule has 0 saturated carbocycles. The van der Waals surface area contributed by atoms with Gasteiger partial charge in [-0.3, -0.25) is 4.79 Å². The Morgan fingerprint density at radius 1 is 1.05 bits per heavy atom. The van der Waals surface area contributed by atoms with Crippen molar-refractivity contribution in [3.63, 3.8) is 0 Å². The maximum absolute atomic E-state index is 12.2. The smallest absolute Gasteiger partial charge is 0.262 e. The summed E-state index contributed by atoms with van der Waals surface area (Å²) in [5.41, 5.74) is 1.31. The molecule has 0 unspecified atom stereocenters. The van der Waals surface area contributed by atoms with Crippen molar-refractivity contribution in [1.29, 1.82) is 0 Å². The molecule has 3 aromatic rings. The van der Waals surface area contributed by atoms with Crippen molar-refractivity contribution in [2.45, 2.75) is 0 Å². The number of aromatic amines is 1. The van der Waals surface area contributed by atoms with E-state index in [1.54, 1.807) is 19.2 Å². The third kappa shape index (κ3) is 1.97. The fourth-order valence-corrected chi connectivity index (χ4v) is 2.06. The Kier molecular flexibility index (Phi) is 2.76. The number of benzene rings is 2. The number of methoxy groups -OCH3 is 1. The minimum atomic E-state index is -0.193. The van der Waals surface area contributed by atoms with Crippen LogP contribution in [-0.2, 0) is 0 Å². The third-order valence-electron chi connectivity index (χ3n) is 2.96. The van der Waals surface area contributed by atoms with Crippen molar-refractivity contribution >= 4 is 10.9 Å². The van der Waals surface area contributed by atoms with E-state index in [2.05, 4.69) is 9.97 Å². The number of nitrogens with zero attached hydrogens (tertiary/aromatic N) is 1. The maximum atomic E-state index is 12.2. The summed E-state index contributed by atoms with van der Waals surface area (Å²) in [5, 5.41) is 0.477. The maximum Gasteiger partial charge on any atom is 0.262 e. The van der Waals surface area contributed by atoms with Crippen LogP contribution in [0.1, 0.15) is 0 Å². The molecule has 3 rings (SSSR count). The molecule has 0 spiro atoms. The molecule has 0 fully saturated rings. The first kappa shape index (κ1) is 11.5. The number of H-pyrrole nitrogens is 1. The van der Waals surface area contributed by atoms with E-state index in [0.29, 0.717) is 22.5 Å². The number of ether oxygens (including phenoxy) is 1. The van der Waals surface area contributed by atoms with Crippen LogP contribution in [0.2, 0.25) is 0 Å². The van der Waals surface area contributed by atoms with Crippen LogP contribution in [0.15, 0.2) is 53.3 Å². The van der Waals surface area contributed by atoms with E-state index < -0.39 is 0 Å². The minimum Gasteiger partial charge on any atom is -0.496 e.